The molecular weight excluding hydrogens is 1090 g/mol. The molecule has 0 N–H and O–H groups in total. The third-order valence-electron chi connectivity index (χ3n) is 22.9. The summed E-state index contributed by atoms with van der Waals surface area (Å²) in [7, 11) is 0. The van der Waals surface area contributed by atoms with Gasteiger partial charge >= 0.3 is 0 Å². The first-order valence-electron chi connectivity index (χ1n) is 33.7. The van der Waals surface area contributed by atoms with Gasteiger partial charge in [0.1, 0.15) is 0 Å². The molecule has 1 aromatic heterocycles. The molecule has 5 aliphatic rings. The maximum atomic E-state index is 2.80. The second kappa shape index (κ2) is 19.5. The predicted octanol–water partition coefficient (Wildman–Crippen LogP) is 22.5. The second-order valence-electron chi connectivity index (χ2n) is 35.1. The maximum Gasteiger partial charge on any atom is 0.252 e. The highest BCUT2D eigenvalue weighted by Crippen LogP contribution is 2.57. The molecule has 9 aromatic rings. The van der Waals surface area contributed by atoms with Gasteiger partial charge in [0.15, 0.2) is 0 Å². The van der Waals surface area contributed by atoms with E-state index in [1.807, 2.05) is 11.3 Å². The first kappa shape index (κ1) is 60.0. The predicted molar refractivity (Wildman–Crippen MR) is 390 cm³/mol. The number of anilines is 9. The van der Waals surface area contributed by atoms with Crippen LogP contribution in [0.1, 0.15) is 234 Å². The molecule has 3 nitrogen and oxygen atoms in total. The van der Waals surface area contributed by atoms with E-state index in [9.17, 15) is 0 Å². The van der Waals surface area contributed by atoms with Crippen molar-refractivity contribution in [2.24, 2.45) is 0 Å². The van der Waals surface area contributed by atoms with E-state index in [0.717, 1.165) is 49.2 Å². The number of benzene rings is 8. The van der Waals surface area contributed by atoms with Gasteiger partial charge in [-0.25, -0.2) is 0 Å². The zero-order chi connectivity index (χ0) is 63.5. The van der Waals surface area contributed by atoms with Crippen LogP contribution >= 0.6 is 11.3 Å². The number of hydrogen-bond donors (Lipinski definition) is 0. The summed E-state index contributed by atoms with van der Waals surface area (Å²) in [6.07, 6.45) is 6.91. The van der Waals surface area contributed by atoms with Gasteiger partial charge in [0.25, 0.3) is 6.71 Å². The largest absolute Gasteiger partial charge is 0.311 e. The minimum Gasteiger partial charge on any atom is -0.311 e. The third-order valence-corrected chi connectivity index (χ3v) is 24.1. The van der Waals surface area contributed by atoms with Crippen molar-refractivity contribution >= 4 is 106 Å². The Morgan fingerprint density at radius 3 is 1.28 bits per heavy atom. The summed E-state index contributed by atoms with van der Waals surface area (Å²) >= 11 is 1.97. The smallest absolute Gasteiger partial charge is 0.252 e. The van der Waals surface area contributed by atoms with Crippen LogP contribution in [0.15, 0.2) is 140 Å². The maximum absolute atomic E-state index is 2.80. The van der Waals surface area contributed by atoms with E-state index in [0.29, 0.717) is 0 Å². The molecule has 0 amide bonds. The fourth-order valence-corrected chi connectivity index (χ4v) is 18.2. The molecule has 0 atom stereocenters. The van der Waals surface area contributed by atoms with E-state index in [1.165, 1.54) is 127 Å². The Morgan fingerprint density at radius 2 is 0.809 bits per heavy atom. The lowest BCUT2D eigenvalue weighted by Crippen LogP contribution is -2.62. The van der Waals surface area contributed by atoms with E-state index >= 15 is 0 Å². The van der Waals surface area contributed by atoms with Crippen LogP contribution in [0.5, 0.6) is 0 Å². The van der Waals surface area contributed by atoms with Crippen LogP contribution in [-0.2, 0) is 48.7 Å². The molecule has 8 aromatic carbocycles. The molecule has 89 heavy (non-hydrogen) atoms. The van der Waals surface area contributed by atoms with Crippen molar-refractivity contribution in [1.82, 2.24) is 0 Å². The van der Waals surface area contributed by atoms with Crippen molar-refractivity contribution < 1.29 is 0 Å². The van der Waals surface area contributed by atoms with E-state index in [2.05, 4.69) is 300 Å². The normalized spacial score (nSPS) is 19.0. The molecule has 0 bridgehead atoms. The molecule has 3 heterocycles. The van der Waals surface area contributed by atoms with Gasteiger partial charge in [-0.05, 0) is 227 Å². The summed E-state index contributed by atoms with van der Waals surface area (Å²) in [4.78, 5) is 8.16. The third kappa shape index (κ3) is 9.43. The van der Waals surface area contributed by atoms with Crippen LogP contribution in [0.2, 0.25) is 0 Å². The molecular formula is C84H98BN3S. The van der Waals surface area contributed by atoms with Gasteiger partial charge < -0.3 is 14.7 Å². The molecule has 458 valence electrons. The molecule has 0 fully saturated rings. The summed E-state index contributed by atoms with van der Waals surface area (Å²) in [6, 6.07) is 57.2. The number of thiophene rings is 1. The number of fused-ring (bicyclic) bond motifs is 10. The first-order valence-corrected chi connectivity index (χ1v) is 34.6. The van der Waals surface area contributed by atoms with Crippen molar-refractivity contribution in [3.8, 4) is 0 Å². The summed E-state index contributed by atoms with van der Waals surface area (Å²) in [5.74, 6) is 0. The standard InChI is InChI=1S/C84H98BN3S/c1-76(2,3)51-26-30-53(31-27-51)86(54-32-28-52(29-33-54)77(4,5)6)56-45-70-74-71(46-56)88(67-37-36-59(78(7,8)9)75-73(67)57-24-22-23-25-72(57)89-75)69-50-64-62(82(16,17)41-43-84(64,20)21)48-66(69)85(74)65-47-61-63(83(18,19)42-40-81(61,14)15)49-68(65)87(70)55-34-35-58-60(44-55)80(12,13)39-38-79(58,10)11/h22-37,44-50H,38-43H2,1-21H3. The van der Waals surface area contributed by atoms with Crippen LogP contribution in [0.4, 0.5) is 51.2 Å². The lowest BCUT2D eigenvalue weighted by atomic mass is 9.32. The van der Waals surface area contributed by atoms with E-state index in [4.69, 9.17) is 0 Å². The van der Waals surface area contributed by atoms with Gasteiger partial charge in [0.05, 0.1) is 11.4 Å². The summed E-state index contributed by atoms with van der Waals surface area (Å²) < 4.78 is 2.71. The topological polar surface area (TPSA) is 9.72 Å². The molecule has 0 unspecified atom stereocenters. The minimum absolute atomic E-state index is 0.00348. The molecule has 0 saturated carbocycles. The molecule has 3 aliphatic carbocycles. The molecule has 0 spiro atoms. The molecule has 0 radical (unpaired) electrons. The average Bonchev–Trinajstić information content (AvgIpc) is 1.00. The molecule has 14 rings (SSSR count). The van der Waals surface area contributed by atoms with E-state index < -0.39 is 0 Å². The molecule has 0 saturated heterocycles. The Bertz CT molecular complexity index is 4330. The highest BCUT2D eigenvalue weighted by molar-refractivity contribution is 7.26. The zero-order valence-corrected chi connectivity index (χ0v) is 58.7. The number of hydrogen-bond acceptors (Lipinski definition) is 4. The van der Waals surface area contributed by atoms with Crippen LogP contribution in [0.25, 0.3) is 20.2 Å². The number of rotatable bonds is 5. The van der Waals surface area contributed by atoms with Crippen molar-refractivity contribution in [2.75, 3.05) is 14.7 Å². The zero-order valence-electron chi connectivity index (χ0n) is 57.8. The van der Waals surface area contributed by atoms with Crippen molar-refractivity contribution in [2.45, 2.75) is 233 Å². The fraction of sp³-hybridized carbons (Fsp3) is 0.429. The van der Waals surface area contributed by atoms with Gasteiger partial charge in [-0.15, -0.1) is 11.3 Å². The van der Waals surface area contributed by atoms with Crippen molar-refractivity contribution in [3.05, 3.63) is 190 Å². The van der Waals surface area contributed by atoms with Gasteiger partial charge in [-0.3, -0.25) is 0 Å². The van der Waals surface area contributed by atoms with Gasteiger partial charge in [0, 0.05) is 60.0 Å². The van der Waals surface area contributed by atoms with Crippen molar-refractivity contribution in [1.29, 1.82) is 0 Å². The lowest BCUT2D eigenvalue weighted by molar-refractivity contribution is 0.332. The van der Waals surface area contributed by atoms with Crippen molar-refractivity contribution in [3.63, 3.8) is 0 Å². The van der Waals surface area contributed by atoms with Gasteiger partial charge in [-0.2, -0.15) is 0 Å². The Labute approximate surface area is 539 Å². The Balaban J connectivity index is 1.19. The number of nitrogens with zero attached hydrogens (tertiary/aromatic N) is 3. The van der Waals surface area contributed by atoms with Crippen LogP contribution < -0.4 is 31.1 Å². The van der Waals surface area contributed by atoms with Crippen LogP contribution in [0, 0.1) is 0 Å². The minimum atomic E-state index is -0.0771. The summed E-state index contributed by atoms with van der Waals surface area (Å²) in [6.45, 7) is 51.3. The average molecular weight is 1190 g/mol. The Kier molecular flexibility index (Phi) is 13.1. The Hall–Kier alpha value is -6.56. The summed E-state index contributed by atoms with van der Waals surface area (Å²) in [5, 5.41) is 2.67. The van der Waals surface area contributed by atoms with Gasteiger partial charge in [-0.1, -0.05) is 212 Å². The van der Waals surface area contributed by atoms with Crippen LogP contribution in [-0.4, -0.2) is 6.71 Å². The summed E-state index contributed by atoms with van der Waals surface area (Å²) in [5.41, 5.74) is 28.2. The second-order valence-corrected chi connectivity index (χ2v) is 36.1. The fourth-order valence-electron chi connectivity index (χ4n) is 16.7. The lowest BCUT2D eigenvalue weighted by Gasteiger charge is -2.49. The molecule has 5 heteroatoms. The first-order chi connectivity index (χ1) is 41.5. The Morgan fingerprint density at radius 1 is 0.382 bits per heavy atom. The molecule has 2 aliphatic heterocycles. The van der Waals surface area contributed by atoms with Gasteiger partial charge in [0.2, 0.25) is 0 Å². The highest BCUT2D eigenvalue weighted by Gasteiger charge is 2.50. The highest BCUT2D eigenvalue weighted by atomic mass is 32.1. The van der Waals surface area contributed by atoms with E-state index in [-0.39, 0.29) is 55.4 Å². The van der Waals surface area contributed by atoms with Crippen LogP contribution in [0.3, 0.4) is 0 Å². The monoisotopic (exact) mass is 1190 g/mol. The van der Waals surface area contributed by atoms with E-state index in [1.54, 1.807) is 0 Å². The SMILES string of the molecule is CC(C)(C)c1ccc(N(c2ccc(C(C)(C)C)cc2)c2cc3c4c(c2)N(c2ccc(C(C)(C)C)c5sc6ccccc6c25)c2cc5c(cc2B4c2cc4c(cc2N3c2ccc3c(c2)C(C)(C)CCC3(C)C)C(C)(C)CCC4(C)C)C(C)(C)CCC5(C)C)cc1. The quantitative estimate of drug-likeness (QED) is 0.159.